The molecule has 0 aliphatic heterocycles. The van der Waals surface area contributed by atoms with Gasteiger partial charge in [-0.05, 0) is 61.0 Å². The molecule has 0 spiro atoms. The molecule has 0 amide bonds. The number of nitrogens with zero attached hydrogens (tertiary/aromatic N) is 2. The van der Waals surface area contributed by atoms with Crippen molar-refractivity contribution in [3.05, 3.63) is 88.9 Å². The summed E-state index contributed by atoms with van der Waals surface area (Å²) >= 11 is 6.90. The molecule has 1 heterocycles. The van der Waals surface area contributed by atoms with Crippen LogP contribution >= 0.6 is 11.6 Å². The lowest BCUT2D eigenvalue weighted by Crippen LogP contribution is -2.04. The molecule has 0 saturated carbocycles. The van der Waals surface area contributed by atoms with Gasteiger partial charge in [-0.2, -0.15) is 5.10 Å². The van der Waals surface area contributed by atoms with Crippen molar-refractivity contribution in [3.8, 4) is 34.0 Å². The largest absolute Gasteiger partial charge is 0.497 e. The molecule has 152 valence electrons. The quantitative estimate of drug-likeness (QED) is 0.371. The predicted molar refractivity (Wildman–Crippen MR) is 121 cm³/mol. The number of benzene rings is 3. The van der Waals surface area contributed by atoms with Crippen molar-refractivity contribution >= 4 is 11.6 Å². The Hall–Kier alpha value is -3.24. The molecule has 4 aromatic rings. The van der Waals surface area contributed by atoms with Crippen LogP contribution in [0.5, 0.6) is 11.5 Å². The Morgan fingerprint density at radius 1 is 0.833 bits per heavy atom. The third-order valence-corrected chi connectivity index (χ3v) is 5.39. The molecule has 3 aromatic carbocycles. The molecule has 30 heavy (non-hydrogen) atoms. The van der Waals surface area contributed by atoms with Crippen LogP contribution in [0.4, 0.5) is 0 Å². The molecule has 1 aromatic heterocycles. The van der Waals surface area contributed by atoms with Crippen LogP contribution in [-0.4, -0.2) is 24.0 Å². The van der Waals surface area contributed by atoms with Gasteiger partial charge >= 0.3 is 0 Å². The van der Waals surface area contributed by atoms with E-state index in [1.165, 1.54) is 11.1 Å². The van der Waals surface area contributed by atoms with Gasteiger partial charge in [0, 0.05) is 11.1 Å². The molecule has 0 atom stereocenters. The highest BCUT2D eigenvalue weighted by atomic mass is 35.5. The van der Waals surface area contributed by atoms with Crippen LogP contribution in [0.15, 0.2) is 72.8 Å². The minimum atomic E-state index is 0.623. The molecule has 0 N–H and O–H groups in total. The SMILES string of the molecule is COc1ccc(-c2nn(Cc3cccc(C)c3)c(-c3ccc(OC)cc3)c2Cl)cc1. The molecule has 0 fully saturated rings. The van der Waals surface area contributed by atoms with Gasteiger partial charge < -0.3 is 9.47 Å². The van der Waals surface area contributed by atoms with Gasteiger partial charge in [-0.15, -0.1) is 0 Å². The lowest BCUT2D eigenvalue weighted by atomic mass is 10.1. The smallest absolute Gasteiger partial charge is 0.118 e. The van der Waals surface area contributed by atoms with Gasteiger partial charge in [0.2, 0.25) is 0 Å². The molecule has 0 bridgehead atoms. The van der Waals surface area contributed by atoms with Crippen LogP contribution < -0.4 is 9.47 Å². The highest BCUT2D eigenvalue weighted by Gasteiger charge is 2.19. The van der Waals surface area contributed by atoms with Crippen molar-refractivity contribution in [1.82, 2.24) is 9.78 Å². The summed E-state index contributed by atoms with van der Waals surface area (Å²) in [6.07, 6.45) is 0. The van der Waals surface area contributed by atoms with Gasteiger partial charge in [0.15, 0.2) is 0 Å². The van der Waals surface area contributed by atoms with Crippen LogP contribution in [0, 0.1) is 6.92 Å². The molecular weight excluding hydrogens is 396 g/mol. The number of halogens is 1. The highest BCUT2D eigenvalue weighted by molar-refractivity contribution is 6.35. The third-order valence-electron chi connectivity index (χ3n) is 5.04. The normalized spacial score (nSPS) is 10.8. The first-order valence-corrected chi connectivity index (χ1v) is 10.1. The van der Waals surface area contributed by atoms with Crippen LogP contribution in [-0.2, 0) is 6.54 Å². The van der Waals surface area contributed by atoms with Gasteiger partial charge in [0.25, 0.3) is 0 Å². The zero-order valence-corrected chi connectivity index (χ0v) is 18.0. The fourth-order valence-electron chi connectivity index (χ4n) is 3.50. The first kappa shape index (κ1) is 20.0. The summed E-state index contributed by atoms with van der Waals surface area (Å²) in [4.78, 5) is 0. The Kier molecular flexibility index (Phi) is 5.77. The maximum absolute atomic E-state index is 6.90. The average molecular weight is 419 g/mol. The summed E-state index contributed by atoms with van der Waals surface area (Å²) in [5.74, 6) is 1.60. The lowest BCUT2D eigenvalue weighted by Gasteiger charge is -2.09. The molecule has 0 aliphatic carbocycles. The Labute approximate surface area is 181 Å². The number of methoxy groups -OCH3 is 2. The Bertz CT molecular complexity index is 1150. The minimum Gasteiger partial charge on any atom is -0.497 e. The molecule has 4 nitrogen and oxygen atoms in total. The second kappa shape index (κ2) is 8.64. The Morgan fingerprint density at radius 3 is 2.00 bits per heavy atom. The van der Waals surface area contributed by atoms with E-state index in [-0.39, 0.29) is 0 Å². The van der Waals surface area contributed by atoms with Gasteiger partial charge in [-0.3, -0.25) is 4.68 Å². The maximum atomic E-state index is 6.90. The zero-order chi connectivity index (χ0) is 21.1. The second-order valence-corrected chi connectivity index (χ2v) is 7.49. The summed E-state index contributed by atoms with van der Waals surface area (Å²) in [5.41, 5.74) is 5.95. The molecule has 4 rings (SSSR count). The fourth-order valence-corrected chi connectivity index (χ4v) is 3.85. The lowest BCUT2D eigenvalue weighted by molar-refractivity contribution is 0.414. The highest BCUT2D eigenvalue weighted by Crippen LogP contribution is 2.37. The summed E-state index contributed by atoms with van der Waals surface area (Å²) in [6.45, 7) is 2.71. The van der Waals surface area contributed by atoms with E-state index >= 15 is 0 Å². The van der Waals surface area contributed by atoms with E-state index in [1.54, 1.807) is 14.2 Å². The third kappa shape index (κ3) is 4.05. The van der Waals surface area contributed by atoms with Gasteiger partial charge in [-0.1, -0.05) is 41.4 Å². The van der Waals surface area contributed by atoms with Gasteiger partial charge in [0.05, 0.1) is 31.5 Å². The van der Waals surface area contributed by atoms with Crippen LogP contribution in [0.25, 0.3) is 22.5 Å². The number of rotatable bonds is 6. The van der Waals surface area contributed by atoms with E-state index in [4.69, 9.17) is 26.2 Å². The van der Waals surface area contributed by atoms with Crippen LogP contribution in [0.1, 0.15) is 11.1 Å². The topological polar surface area (TPSA) is 36.3 Å². The van der Waals surface area contributed by atoms with Crippen LogP contribution in [0.2, 0.25) is 5.02 Å². The molecule has 0 aliphatic rings. The standard InChI is InChI=1S/C25H23ClN2O2/c1-17-5-4-6-18(15-17)16-28-25(20-9-13-22(30-3)14-10-20)23(26)24(27-28)19-7-11-21(29-2)12-8-19/h4-15H,16H2,1-3H3. The van der Waals surface area contributed by atoms with Crippen molar-refractivity contribution < 1.29 is 9.47 Å². The number of hydrogen-bond acceptors (Lipinski definition) is 3. The minimum absolute atomic E-state index is 0.623. The number of aromatic nitrogens is 2. The zero-order valence-electron chi connectivity index (χ0n) is 17.2. The van der Waals surface area contributed by atoms with Gasteiger partial charge in [-0.25, -0.2) is 0 Å². The summed E-state index contributed by atoms with van der Waals surface area (Å²) in [6, 6.07) is 24.1. The molecule has 0 unspecified atom stereocenters. The molecule has 0 saturated heterocycles. The monoisotopic (exact) mass is 418 g/mol. The number of ether oxygens (including phenoxy) is 2. The van der Waals surface area contributed by atoms with Crippen molar-refractivity contribution in [1.29, 1.82) is 0 Å². The Morgan fingerprint density at radius 2 is 1.43 bits per heavy atom. The summed E-state index contributed by atoms with van der Waals surface area (Å²) in [5, 5.41) is 5.52. The van der Waals surface area contributed by atoms with Crippen LogP contribution in [0.3, 0.4) is 0 Å². The first-order valence-electron chi connectivity index (χ1n) is 9.69. The van der Waals surface area contributed by atoms with E-state index in [2.05, 4.69) is 31.2 Å². The second-order valence-electron chi connectivity index (χ2n) is 7.11. The van der Waals surface area contributed by atoms with E-state index < -0.39 is 0 Å². The Balaban J connectivity index is 1.83. The van der Waals surface area contributed by atoms with E-state index in [1.807, 2.05) is 53.2 Å². The summed E-state index contributed by atoms with van der Waals surface area (Å²) < 4.78 is 12.5. The average Bonchev–Trinajstić information content (AvgIpc) is 3.09. The fraction of sp³-hybridized carbons (Fsp3) is 0.160. The van der Waals surface area contributed by atoms with Crippen molar-refractivity contribution in [2.45, 2.75) is 13.5 Å². The van der Waals surface area contributed by atoms with E-state index in [0.717, 1.165) is 34.0 Å². The van der Waals surface area contributed by atoms with E-state index in [9.17, 15) is 0 Å². The van der Waals surface area contributed by atoms with E-state index in [0.29, 0.717) is 11.6 Å². The number of aryl methyl sites for hydroxylation is 1. The number of hydrogen-bond donors (Lipinski definition) is 0. The molecule has 0 radical (unpaired) electrons. The molecule has 5 heteroatoms. The maximum Gasteiger partial charge on any atom is 0.118 e. The van der Waals surface area contributed by atoms with Crippen molar-refractivity contribution in [2.75, 3.05) is 14.2 Å². The first-order chi connectivity index (χ1) is 14.6. The summed E-state index contributed by atoms with van der Waals surface area (Å²) in [7, 11) is 3.31. The van der Waals surface area contributed by atoms with Gasteiger partial charge in [0.1, 0.15) is 17.2 Å². The van der Waals surface area contributed by atoms with Crippen molar-refractivity contribution in [3.63, 3.8) is 0 Å². The van der Waals surface area contributed by atoms with Crippen molar-refractivity contribution in [2.24, 2.45) is 0 Å². The molecular formula is C25H23ClN2O2. The predicted octanol–water partition coefficient (Wildman–Crippen LogP) is 6.24.